The maximum atomic E-state index is 12.8. The van der Waals surface area contributed by atoms with E-state index in [0.717, 1.165) is 42.9 Å². The van der Waals surface area contributed by atoms with Gasteiger partial charge in [-0.2, -0.15) is 4.98 Å². The van der Waals surface area contributed by atoms with Crippen molar-refractivity contribution in [1.29, 1.82) is 0 Å². The summed E-state index contributed by atoms with van der Waals surface area (Å²) in [4.78, 5) is 40.3. The van der Waals surface area contributed by atoms with Crippen molar-refractivity contribution in [3.63, 3.8) is 0 Å². The lowest BCUT2D eigenvalue weighted by atomic mass is 9.72. The quantitative estimate of drug-likeness (QED) is 0.619. The molecule has 0 radical (unpaired) electrons. The summed E-state index contributed by atoms with van der Waals surface area (Å²) >= 11 is 0. The predicted octanol–water partition coefficient (Wildman–Crippen LogP) is 2.19. The molecule has 3 aliphatic rings. The van der Waals surface area contributed by atoms with Crippen LogP contribution in [0.1, 0.15) is 43.9 Å². The Morgan fingerprint density at radius 3 is 2.59 bits per heavy atom. The summed E-state index contributed by atoms with van der Waals surface area (Å²) in [6.07, 6.45) is 3.66. The van der Waals surface area contributed by atoms with Gasteiger partial charge in [-0.15, -0.1) is 0 Å². The number of likely N-dealkylation sites (tertiary alicyclic amines) is 1. The van der Waals surface area contributed by atoms with Crippen LogP contribution >= 0.6 is 0 Å². The first-order valence-corrected chi connectivity index (χ1v) is 14.4. The van der Waals surface area contributed by atoms with Crippen molar-refractivity contribution in [3.05, 3.63) is 41.6 Å². The molecule has 1 aromatic heterocycles. The number of amides is 2. The van der Waals surface area contributed by atoms with Crippen LogP contribution in [0.5, 0.6) is 0 Å². The second kappa shape index (κ2) is 10.4. The standard InChI is InChI=1S/C27H36N6O3S/c1-19(34)32(3)18-27(20-7-5-4-6-8-20)12-14-33(15-13-27)26-29-22-11-16-37(36)24(22)25(30-26)28-21-9-10-23(35)31(2)17-21/h4-8,21H,9-18H2,1-3H3,(H,28,29,30)/t21-,37?/m0/s1. The first-order chi connectivity index (χ1) is 17.8. The number of hydrogen-bond acceptors (Lipinski definition) is 7. The Balaban J connectivity index is 1.39. The molecular weight excluding hydrogens is 488 g/mol. The average Bonchev–Trinajstić information content (AvgIpc) is 3.28. The van der Waals surface area contributed by atoms with Gasteiger partial charge in [-0.05, 0) is 24.8 Å². The smallest absolute Gasteiger partial charge is 0.227 e. The van der Waals surface area contributed by atoms with E-state index in [9.17, 15) is 13.8 Å². The molecule has 37 heavy (non-hydrogen) atoms. The van der Waals surface area contributed by atoms with Crippen molar-refractivity contribution in [2.45, 2.75) is 55.4 Å². The molecule has 2 amide bonds. The molecule has 0 saturated carbocycles. The third-order valence-corrected chi connectivity index (χ3v) is 9.57. The highest BCUT2D eigenvalue weighted by atomic mass is 32.2. The van der Waals surface area contributed by atoms with Gasteiger partial charge >= 0.3 is 0 Å². The summed E-state index contributed by atoms with van der Waals surface area (Å²) < 4.78 is 12.8. The Hall–Kier alpha value is -3.01. The number of nitrogens with zero attached hydrogens (tertiary/aromatic N) is 5. The molecule has 9 nitrogen and oxygen atoms in total. The van der Waals surface area contributed by atoms with Gasteiger partial charge in [0, 0.05) is 77.2 Å². The van der Waals surface area contributed by atoms with E-state index < -0.39 is 10.8 Å². The van der Waals surface area contributed by atoms with Gasteiger partial charge in [0.05, 0.1) is 16.5 Å². The minimum atomic E-state index is -1.12. The van der Waals surface area contributed by atoms with Crippen molar-refractivity contribution in [1.82, 2.24) is 19.8 Å². The molecule has 198 valence electrons. The predicted molar refractivity (Wildman–Crippen MR) is 144 cm³/mol. The fourth-order valence-electron chi connectivity index (χ4n) is 5.78. The Bertz CT molecular complexity index is 1200. The minimum absolute atomic E-state index is 0.0680. The molecule has 4 heterocycles. The third kappa shape index (κ3) is 5.21. The molecule has 10 heteroatoms. The van der Waals surface area contributed by atoms with E-state index in [4.69, 9.17) is 9.97 Å². The Labute approximate surface area is 221 Å². The summed E-state index contributed by atoms with van der Waals surface area (Å²) in [5.41, 5.74) is 1.99. The van der Waals surface area contributed by atoms with E-state index >= 15 is 0 Å². The van der Waals surface area contributed by atoms with Crippen molar-refractivity contribution < 1.29 is 13.8 Å². The zero-order valence-corrected chi connectivity index (χ0v) is 22.7. The van der Waals surface area contributed by atoms with Crippen LogP contribution in [0.4, 0.5) is 11.8 Å². The summed E-state index contributed by atoms with van der Waals surface area (Å²) in [7, 11) is 2.58. The van der Waals surface area contributed by atoms with Crippen molar-refractivity contribution >= 4 is 34.4 Å². The molecule has 0 bridgehead atoms. The fourth-order valence-corrected chi connectivity index (χ4v) is 7.09. The molecule has 0 spiro atoms. The van der Waals surface area contributed by atoms with Gasteiger partial charge < -0.3 is 20.0 Å². The monoisotopic (exact) mass is 524 g/mol. The summed E-state index contributed by atoms with van der Waals surface area (Å²) in [6.45, 7) is 4.42. The normalized spacial score (nSPS) is 23.1. The molecule has 0 aliphatic carbocycles. The summed E-state index contributed by atoms with van der Waals surface area (Å²) in [5, 5.41) is 3.51. The van der Waals surface area contributed by atoms with E-state index in [1.165, 1.54) is 5.56 Å². The van der Waals surface area contributed by atoms with Crippen molar-refractivity contribution in [2.24, 2.45) is 0 Å². The number of piperidine rings is 2. The number of hydrogen-bond donors (Lipinski definition) is 1. The van der Waals surface area contributed by atoms with Crippen LogP contribution in [0, 0.1) is 0 Å². The van der Waals surface area contributed by atoms with Gasteiger partial charge in [0.15, 0.2) is 0 Å². The topological polar surface area (TPSA) is 98.7 Å². The maximum Gasteiger partial charge on any atom is 0.227 e. The van der Waals surface area contributed by atoms with Crippen molar-refractivity contribution in [2.75, 3.05) is 56.2 Å². The number of fused-ring (bicyclic) bond motifs is 1. The Morgan fingerprint density at radius 2 is 1.92 bits per heavy atom. The zero-order valence-electron chi connectivity index (χ0n) is 21.9. The second-order valence-corrected chi connectivity index (χ2v) is 12.1. The number of likely N-dealkylation sites (N-methyl/N-ethyl adjacent to an activating group) is 2. The van der Waals surface area contributed by atoms with Gasteiger partial charge in [-0.3, -0.25) is 13.8 Å². The highest BCUT2D eigenvalue weighted by molar-refractivity contribution is 7.85. The molecule has 2 fully saturated rings. The van der Waals surface area contributed by atoms with Crippen LogP contribution in [0.2, 0.25) is 0 Å². The number of aromatic nitrogens is 2. The van der Waals surface area contributed by atoms with Crippen molar-refractivity contribution in [3.8, 4) is 0 Å². The second-order valence-electron chi connectivity index (χ2n) is 10.6. The molecule has 2 atom stereocenters. The van der Waals surface area contributed by atoms with Crippen LogP contribution in [0.15, 0.2) is 35.2 Å². The molecule has 1 aromatic carbocycles. The molecule has 3 aliphatic heterocycles. The third-order valence-electron chi connectivity index (χ3n) is 8.11. The van der Waals surface area contributed by atoms with E-state index in [2.05, 4.69) is 34.5 Å². The average molecular weight is 525 g/mol. The summed E-state index contributed by atoms with van der Waals surface area (Å²) in [6, 6.07) is 10.6. The number of aryl methyl sites for hydroxylation is 1. The number of rotatable bonds is 6. The molecule has 2 aromatic rings. The largest absolute Gasteiger partial charge is 0.364 e. The van der Waals surface area contributed by atoms with Gasteiger partial charge in [0.1, 0.15) is 10.7 Å². The molecule has 2 saturated heterocycles. The van der Waals surface area contributed by atoms with E-state index in [-0.39, 0.29) is 23.3 Å². The maximum absolute atomic E-state index is 12.8. The summed E-state index contributed by atoms with van der Waals surface area (Å²) in [5.74, 6) is 2.11. The van der Waals surface area contributed by atoms with Crippen LogP contribution in [-0.4, -0.2) is 87.9 Å². The number of benzene rings is 1. The van der Waals surface area contributed by atoms with Crippen LogP contribution in [-0.2, 0) is 32.2 Å². The van der Waals surface area contributed by atoms with Gasteiger partial charge in [-0.25, -0.2) is 4.98 Å². The minimum Gasteiger partial charge on any atom is -0.364 e. The first kappa shape index (κ1) is 25.6. The molecule has 1 N–H and O–H groups in total. The van der Waals surface area contributed by atoms with Gasteiger partial charge in [0.2, 0.25) is 17.8 Å². The van der Waals surface area contributed by atoms with Gasteiger partial charge in [0.25, 0.3) is 0 Å². The molecule has 1 unspecified atom stereocenters. The Kier molecular flexibility index (Phi) is 7.20. The highest BCUT2D eigenvalue weighted by Gasteiger charge is 2.39. The highest BCUT2D eigenvalue weighted by Crippen LogP contribution is 2.38. The lowest BCUT2D eigenvalue weighted by molar-refractivity contribution is -0.132. The molecule has 5 rings (SSSR count). The SMILES string of the molecule is CC(=O)N(C)CC1(c2ccccc2)CCN(c2nc3c(c(N[C@H]4CCC(=O)N(C)C4)n2)S(=O)CC3)CC1. The zero-order chi connectivity index (χ0) is 26.2. The van der Waals surface area contributed by atoms with Gasteiger partial charge in [-0.1, -0.05) is 30.3 Å². The lowest BCUT2D eigenvalue weighted by Crippen LogP contribution is -2.49. The van der Waals surface area contributed by atoms with Crippen LogP contribution in [0.25, 0.3) is 0 Å². The van der Waals surface area contributed by atoms with E-state index in [0.29, 0.717) is 43.5 Å². The van der Waals surface area contributed by atoms with E-state index in [1.807, 2.05) is 25.1 Å². The van der Waals surface area contributed by atoms with Crippen LogP contribution in [0.3, 0.4) is 0 Å². The number of carbonyl (C=O) groups is 2. The van der Waals surface area contributed by atoms with E-state index in [1.54, 1.807) is 11.8 Å². The Morgan fingerprint density at radius 1 is 1.19 bits per heavy atom. The number of carbonyl (C=O) groups excluding carboxylic acids is 2. The number of anilines is 2. The first-order valence-electron chi connectivity index (χ1n) is 13.1. The molecular formula is C27H36N6O3S. The fraction of sp³-hybridized carbons (Fsp3) is 0.556. The van der Waals surface area contributed by atoms with Crippen LogP contribution < -0.4 is 10.2 Å². The lowest BCUT2D eigenvalue weighted by Gasteiger charge is -2.44. The number of nitrogens with one attached hydrogen (secondary N) is 1.